The molecule has 1 fully saturated rings. The van der Waals surface area contributed by atoms with E-state index in [4.69, 9.17) is 4.74 Å². The smallest absolute Gasteiger partial charge is 0.223 e. The van der Waals surface area contributed by atoms with Crippen LogP contribution in [0.3, 0.4) is 0 Å². The number of halogens is 1. The van der Waals surface area contributed by atoms with Crippen molar-refractivity contribution in [3.8, 4) is 16.9 Å². The molecule has 0 radical (unpaired) electrons. The number of nitrogens with zero attached hydrogens (tertiary/aromatic N) is 1. The quantitative estimate of drug-likeness (QED) is 0.617. The van der Waals surface area contributed by atoms with Crippen molar-refractivity contribution in [3.63, 3.8) is 0 Å². The number of hydrogen-bond donors (Lipinski definition) is 1. The Kier molecular flexibility index (Phi) is 9.67. The van der Waals surface area contributed by atoms with Crippen molar-refractivity contribution in [1.82, 2.24) is 10.2 Å². The number of para-hydroxylation sites is 1. The van der Waals surface area contributed by atoms with Gasteiger partial charge in [-0.15, -0.1) is 12.4 Å². The van der Waals surface area contributed by atoms with Crippen LogP contribution < -0.4 is 10.1 Å². The first-order chi connectivity index (χ1) is 14.1. The minimum Gasteiger partial charge on any atom is -0.496 e. The minimum atomic E-state index is 0. The Balaban J connectivity index is 0.00000320. The average molecular weight is 431 g/mol. The van der Waals surface area contributed by atoms with Crippen LogP contribution in [0.15, 0.2) is 48.5 Å². The van der Waals surface area contributed by atoms with Crippen LogP contribution in [0.5, 0.6) is 5.75 Å². The molecular formula is C25H35ClN2O2. The van der Waals surface area contributed by atoms with Gasteiger partial charge in [-0.1, -0.05) is 42.5 Å². The number of hydrogen-bond acceptors (Lipinski definition) is 3. The average Bonchev–Trinajstić information content (AvgIpc) is 2.76. The van der Waals surface area contributed by atoms with Crippen molar-refractivity contribution in [3.05, 3.63) is 54.1 Å². The summed E-state index contributed by atoms with van der Waals surface area (Å²) in [5.41, 5.74) is 3.37. The standard InChI is InChI=1S/C25H34N2O2.ClH/c1-19(2)27(25(28)13-10-20-14-16-26-17-15-20)18-21-8-11-22(12-9-21)23-6-4-5-7-24(23)29-3;/h4-9,11-12,19-20,26H,10,13-18H2,1-3H3;1H. The molecule has 1 aliphatic rings. The minimum absolute atomic E-state index is 0. The lowest BCUT2D eigenvalue weighted by Crippen LogP contribution is -2.37. The van der Waals surface area contributed by atoms with Crippen LogP contribution in [0.4, 0.5) is 0 Å². The van der Waals surface area contributed by atoms with Crippen molar-refractivity contribution in [2.45, 2.75) is 52.1 Å². The zero-order valence-corrected chi connectivity index (χ0v) is 19.2. The SMILES string of the molecule is COc1ccccc1-c1ccc(CN(C(=O)CCC2CCNCC2)C(C)C)cc1.Cl. The molecule has 0 unspecified atom stereocenters. The van der Waals surface area contributed by atoms with E-state index in [9.17, 15) is 4.79 Å². The predicted octanol–water partition coefficient (Wildman–Crippen LogP) is 5.30. The van der Waals surface area contributed by atoms with Crippen LogP contribution in [-0.2, 0) is 11.3 Å². The van der Waals surface area contributed by atoms with Gasteiger partial charge < -0.3 is 15.0 Å². The van der Waals surface area contributed by atoms with E-state index in [-0.39, 0.29) is 24.4 Å². The lowest BCUT2D eigenvalue weighted by Gasteiger charge is -2.29. The van der Waals surface area contributed by atoms with Crippen molar-refractivity contribution in [1.29, 1.82) is 0 Å². The number of piperidine rings is 1. The summed E-state index contributed by atoms with van der Waals surface area (Å²) in [4.78, 5) is 14.9. The van der Waals surface area contributed by atoms with Gasteiger partial charge in [-0.05, 0) is 69.3 Å². The van der Waals surface area contributed by atoms with Crippen LogP contribution in [0.25, 0.3) is 11.1 Å². The van der Waals surface area contributed by atoms with E-state index < -0.39 is 0 Å². The summed E-state index contributed by atoms with van der Waals surface area (Å²) in [5, 5.41) is 3.40. The molecule has 3 rings (SSSR count). The van der Waals surface area contributed by atoms with Gasteiger partial charge in [-0.25, -0.2) is 0 Å². The van der Waals surface area contributed by atoms with E-state index in [2.05, 4.69) is 49.5 Å². The number of carbonyl (C=O) groups excluding carboxylic acids is 1. The second kappa shape index (κ2) is 12.0. The van der Waals surface area contributed by atoms with Gasteiger partial charge >= 0.3 is 0 Å². The Labute approximate surface area is 187 Å². The van der Waals surface area contributed by atoms with Gasteiger partial charge in [0.1, 0.15) is 5.75 Å². The molecule has 164 valence electrons. The fourth-order valence-electron chi connectivity index (χ4n) is 4.07. The number of amides is 1. The highest BCUT2D eigenvalue weighted by Gasteiger charge is 2.20. The Morgan fingerprint density at radius 3 is 2.40 bits per heavy atom. The molecule has 2 aromatic rings. The predicted molar refractivity (Wildman–Crippen MR) is 126 cm³/mol. The molecule has 0 bridgehead atoms. The molecule has 0 spiro atoms. The fourth-order valence-corrected chi connectivity index (χ4v) is 4.07. The van der Waals surface area contributed by atoms with Crippen LogP contribution >= 0.6 is 12.4 Å². The second-order valence-corrected chi connectivity index (χ2v) is 8.24. The Morgan fingerprint density at radius 2 is 1.77 bits per heavy atom. The maximum Gasteiger partial charge on any atom is 0.223 e. The maximum atomic E-state index is 12.9. The molecule has 0 aromatic heterocycles. The van der Waals surface area contributed by atoms with E-state index in [1.807, 2.05) is 23.1 Å². The van der Waals surface area contributed by atoms with Gasteiger partial charge in [0.25, 0.3) is 0 Å². The molecule has 1 heterocycles. The van der Waals surface area contributed by atoms with Crippen molar-refractivity contribution in [2.75, 3.05) is 20.2 Å². The number of rotatable bonds is 8. The van der Waals surface area contributed by atoms with Gasteiger partial charge in [0, 0.05) is 24.6 Å². The lowest BCUT2D eigenvalue weighted by atomic mass is 9.93. The summed E-state index contributed by atoms with van der Waals surface area (Å²) in [6, 6.07) is 16.7. The van der Waals surface area contributed by atoms with E-state index in [1.165, 1.54) is 12.8 Å². The normalized spacial score (nSPS) is 14.3. The first-order valence-corrected chi connectivity index (χ1v) is 10.8. The van der Waals surface area contributed by atoms with Gasteiger partial charge in [-0.2, -0.15) is 0 Å². The monoisotopic (exact) mass is 430 g/mol. The summed E-state index contributed by atoms with van der Waals surface area (Å²) in [5.74, 6) is 1.83. The number of carbonyl (C=O) groups is 1. The van der Waals surface area contributed by atoms with Gasteiger partial charge in [0.05, 0.1) is 7.11 Å². The Hall–Kier alpha value is -2.04. The summed E-state index contributed by atoms with van der Waals surface area (Å²) >= 11 is 0. The number of methoxy groups -OCH3 is 1. The molecular weight excluding hydrogens is 396 g/mol. The topological polar surface area (TPSA) is 41.6 Å². The van der Waals surface area contributed by atoms with Crippen molar-refractivity contribution < 1.29 is 9.53 Å². The molecule has 4 nitrogen and oxygen atoms in total. The van der Waals surface area contributed by atoms with Crippen LogP contribution in [0.1, 0.15) is 45.1 Å². The summed E-state index contributed by atoms with van der Waals surface area (Å²) < 4.78 is 5.48. The van der Waals surface area contributed by atoms with Crippen molar-refractivity contribution >= 4 is 18.3 Å². The third kappa shape index (κ3) is 6.48. The lowest BCUT2D eigenvalue weighted by molar-refractivity contribution is -0.133. The zero-order valence-electron chi connectivity index (χ0n) is 18.4. The Bertz CT molecular complexity index is 786. The van der Waals surface area contributed by atoms with E-state index in [0.29, 0.717) is 18.9 Å². The number of nitrogens with one attached hydrogen (secondary N) is 1. The van der Waals surface area contributed by atoms with Gasteiger partial charge in [0.2, 0.25) is 5.91 Å². The summed E-state index contributed by atoms with van der Waals surface area (Å²) in [6.07, 6.45) is 4.05. The third-order valence-corrected chi connectivity index (χ3v) is 5.89. The van der Waals surface area contributed by atoms with Crippen LogP contribution in [-0.4, -0.2) is 37.0 Å². The maximum absolute atomic E-state index is 12.9. The molecule has 1 saturated heterocycles. The van der Waals surface area contributed by atoms with Crippen LogP contribution in [0.2, 0.25) is 0 Å². The third-order valence-electron chi connectivity index (χ3n) is 5.89. The molecule has 0 atom stereocenters. The van der Waals surface area contributed by atoms with Crippen molar-refractivity contribution in [2.24, 2.45) is 5.92 Å². The van der Waals surface area contributed by atoms with Crippen LogP contribution in [0, 0.1) is 5.92 Å². The summed E-state index contributed by atoms with van der Waals surface area (Å²) in [7, 11) is 1.70. The molecule has 0 aliphatic carbocycles. The van der Waals surface area contributed by atoms with E-state index >= 15 is 0 Å². The summed E-state index contributed by atoms with van der Waals surface area (Å²) in [6.45, 7) is 7.04. The number of benzene rings is 2. The van der Waals surface area contributed by atoms with E-state index in [0.717, 1.165) is 42.0 Å². The van der Waals surface area contributed by atoms with Gasteiger partial charge in [0.15, 0.2) is 0 Å². The largest absolute Gasteiger partial charge is 0.496 e. The molecule has 2 aromatic carbocycles. The Morgan fingerprint density at radius 1 is 1.10 bits per heavy atom. The molecule has 1 amide bonds. The highest BCUT2D eigenvalue weighted by molar-refractivity contribution is 5.85. The molecule has 5 heteroatoms. The second-order valence-electron chi connectivity index (χ2n) is 8.24. The van der Waals surface area contributed by atoms with Gasteiger partial charge in [-0.3, -0.25) is 4.79 Å². The number of ether oxygens (including phenoxy) is 1. The fraction of sp³-hybridized carbons (Fsp3) is 0.480. The highest BCUT2D eigenvalue weighted by atomic mass is 35.5. The zero-order chi connectivity index (χ0) is 20.6. The van der Waals surface area contributed by atoms with E-state index in [1.54, 1.807) is 7.11 Å². The highest BCUT2D eigenvalue weighted by Crippen LogP contribution is 2.30. The molecule has 1 aliphatic heterocycles. The first-order valence-electron chi connectivity index (χ1n) is 10.8. The molecule has 0 saturated carbocycles. The molecule has 30 heavy (non-hydrogen) atoms. The first kappa shape index (κ1) is 24.2. The molecule has 1 N–H and O–H groups in total.